The Morgan fingerprint density at radius 2 is 1.86 bits per heavy atom. The average Bonchev–Trinajstić information content (AvgIpc) is 2.39. The van der Waals surface area contributed by atoms with E-state index in [0.717, 1.165) is 5.56 Å². The van der Waals surface area contributed by atoms with Gasteiger partial charge in [0.05, 0.1) is 6.04 Å². The highest BCUT2D eigenvalue weighted by atomic mass is 19.4. The van der Waals surface area contributed by atoms with Gasteiger partial charge in [0, 0.05) is 13.1 Å². The largest absolute Gasteiger partial charge is 0.471 e. The van der Waals surface area contributed by atoms with Crippen molar-refractivity contribution in [2.75, 3.05) is 13.1 Å². The van der Waals surface area contributed by atoms with Gasteiger partial charge < -0.3 is 15.0 Å². The molecule has 1 saturated heterocycles. The molecule has 114 valence electrons. The van der Waals surface area contributed by atoms with E-state index in [9.17, 15) is 22.8 Å². The number of likely N-dealkylation sites (tertiary alicyclic amines) is 1. The summed E-state index contributed by atoms with van der Waals surface area (Å²) in [5.74, 6) is -2.00. The SMILES string of the molecule is O=C(OCc1ccccc1)N1CC(NC(=O)C(F)(F)F)C1. The van der Waals surface area contributed by atoms with Gasteiger partial charge in [-0.1, -0.05) is 30.3 Å². The number of nitrogens with one attached hydrogen (secondary N) is 1. The Morgan fingerprint density at radius 3 is 2.43 bits per heavy atom. The summed E-state index contributed by atoms with van der Waals surface area (Å²) in [4.78, 5) is 23.5. The lowest BCUT2D eigenvalue weighted by atomic mass is 10.1. The molecule has 21 heavy (non-hydrogen) atoms. The van der Waals surface area contributed by atoms with Crippen LogP contribution in [0, 0.1) is 0 Å². The van der Waals surface area contributed by atoms with Crippen LogP contribution in [-0.2, 0) is 16.1 Å². The highest BCUT2D eigenvalue weighted by molar-refractivity contribution is 5.82. The maximum atomic E-state index is 12.0. The van der Waals surface area contributed by atoms with Crippen LogP contribution in [0.25, 0.3) is 0 Å². The Morgan fingerprint density at radius 1 is 1.24 bits per heavy atom. The van der Waals surface area contributed by atoms with E-state index in [4.69, 9.17) is 4.74 Å². The molecule has 1 fully saturated rings. The molecule has 1 N–H and O–H groups in total. The first-order chi connectivity index (χ1) is 9.86. The van der Waals surface area contributed by atoms with E-state index in [-0.39, 0.29) is 19.7 Å². The second-order valence-electron chi connectivity index (χ2n) is 4.61. The molecule has 0 aliphatic carbocycles. The number of carbonyl (C=O) groups is 2. The summed E-state index contributed by atoms with van der Waals surface area (Å²) in [5, 5.41) is 1.80. The standard InChI is InChI=1S/C13H13F3N2O3/c14-13(15,16)11(19)17-10-6-18(7-10)12(20)21-8-9-4-2-1-3-5-9/h1-5,10H,6-8H2,(H,17,19). The summed E-state index contributed by atoms with van der Waals surface area (Å²) in [6.07, 6.45) is -5.52. The molecular weight excluding hydrogens is 289 g/mol. The first-order valence-electron chi connectivity index (χ1n) is 6.19. The lowest BCUT2D eigenvalue weighted by Gasteiger charge is -2.38. The van der Waals surface area contributed by atoms with Crippen LogP contribution in [0.3, 0.4) is 0 Å². The summed E-state index contributed by atoms with van der Waals surface area (Å²) >= 11 is 0. The molecule has 1 aromatic carbocycles. The highest BCUT2D eigenvalue weighted by Crippen LogP contribution is 2.17. The van der Waals surface area contributed by atoms with E-state index in [1.165, 1.54) is 4.90 Å². The van der Waals surface area contributed by atoms with Crippen LogP contribution < -0.4 is 5.32 Å². The fourth-order valence-corrected chi connectivity index (χ4v) is 1.80. The van der Waals surface area contributed by atoms with Crippen molar-refractivity contribution in [2.45, 2.75) is 18.8 Å². The summed E-state index contributed by atoms with van der Waals surface area (Å²) in [6.45, 7) is 0.112. The monoisotopic (exact) mass is 302 g/mol. The van der Waals surface area contributed by atoms with E-state index in [1.54, 1.807) is 29.6 Å². The van der Waals surface area contributed by atoms with E-state index < -0.39 is 24.2 Å². The van der Waals surface area contributed by atoms with Crippen molar-refractivity contribution >= 4 is 12.0 Å². The molecule has 0 spiro atoms. The molecule has 0 radical (unpaired) electrons. The van der Waals surface area contributed by atoms with Crippen molar-refractivity contribution < 1.29 is 27.5 Å². The fraction of sp³-hybridized carbons (Fsp3) is 0.385. The van der Waals surface area contributed by atoms with Gasteiger partial charge >= 0.3 is 18.2 Å². The Kier molecular flexibility index (Phi) is 4.35. The zero-order chi connectivity index (χ0) is 15.5. The Labute approximate surface area is 118 Å². The summed E-state index contributed by atoms with van der Waals surface area (Å²) in [5.41, 5.74) is 0.813. The minimum absolute atomic E-state index is 0.00937. The highest BCUT2D eigenvalue weighted by Gasteiger charge is 2.42. The van der Waals surface area contributed by atoms with Crippen LogP contribution in [0.1, 0.15) is 5.56 Å². The maximum absolute atomic E-state index is 12.0. The number of nitrogens with zero attached hydrogens (tertiary/aromatic N) is 1. The number of hydrogen-bond donors (Lipinski definition) is 1. The van der Waals surface area contributed by atoms with E-state index in [2.05, 4.69) is 0 Å². The normalized spacial score (nSPS) is 15.3. The predicted molar refractivity (Wildman–Crippen MR) is 66.2 cm³/mol. The molecule has 5 nitrogen and oxygen atoms in total. The Hall–Kier alpha value is -2.25. The van der Waals surface area contributed by atoms with Crippen molar-refractivity contribution in [1.82, 2.24) is 10.2 Å². The Balaban J connectivity index is 1.69. The van der Waals surface area contributed by atoms with Gasteiger partial charge in [0.1, 0.15) is 6.61 Å². The molecule has 0 saturated carbocycles. The van der Waals surface area contributed by atoms with Gasteiger partial charge in [0.25, 0.3) is 0 Å². The second kappa shape index (κ2) is 6.02. The zero-order valence-electron chi connectivity index (χ0n) is 10.9. The molecule has 8 heteroatoms. The fourth-order valence-electron chi connectivity index (χ4n) is 1.80. The third-order valence-corrected chi connectivity index (χ3v) is 2.94. The van der Waals surface area contributed by atoms with Crippen LogP contribution in [0.5, 0.6) is 0 Å². The quantitative estimate of drug-likeness (QED) is 0.924. The molecule has 0 bridgehead atoms. The Bertz CT molecular complexity index is 513. The minimum atomic E-state index is -4.91. The van der Waals surface area contributed by atoms with Gasteiger partial charge in [-0.25, -0.2) is 4.79 Å². The van der Waals surface area contributed by atoms with Crippen LogP contribution in [0.4, 0.5) is 18.0 Å². The number of benzene rings is 1. The first kappa shape index (κ1) is 15.1. The first-order valence-corrected chi connectivity index (χ1v) is 6.19. The van der Waals surface area contributed by atoms with Crippen molar-refractivity contribution in [3.63, 3.8) is 0 Å². The molecule has 0 atom stereocenters. The molecule has 2 rings (SSSR count). The number of halogens is 3. The summed E-state index contributed by atoms with van der Waals surface area (Å²) < 4.78 is 41.1. The molecule has 0 aromatic heterocycles. The van der Waals surface area contributed by atoms with Crippen molar-refractivity contribution in [1.29, 1.82) is 0 Å². The smallest absolute Gasteiger partial charge is 0.445 e. The molecule has 1 heterocycles. The number of ether oxygens (including phenoxy) is 1. The van der Waals surface area contributed by atoms with Gasteiger partial charge in [0.2, 0.25) is 0 Å². The molecule has 0 unspecified atom stereocenters. The third kappa shape index (κ3) is 4.11. The van der Waals surface area contributed by atoms with E-state index in [1.807, 2.05) is 6.07 Å². The summed E-state index contributed by atoms with van der Waals surface area (Å²) in [6, 6.07) is 8.31. The number of carbonyl (C=O) groups excluding carboxylic acids is 2. The molecule has 1 aliphatic heterocycles. The zero-order valence-corrected chi connectivity index (χ0v) is 10.9. The number of amides is 2. The van der Waals surface area contributed by atoms with Gasteiger partial charge in [0.15, 0.2) is 0 Å². The number of alkyl halides is 3. The predicted octanol–water partition coefficient (Wildman–Crippen LogP) is 1.69. The number of hydrogen-bond acceptors (Lipinski definition) is 3. The van der Waals surface area contributed by atoms with Gasteiger partial charge in [-0.2, -0.15) is 13.2 Å². The van der Waals surface area contributed by atoms with E-state index in [0.29, 0.717) is 0 Å². The van der Waals surface area contributed by atoms with Gasteiger partial charge in [-0.05, 0) is 5.56 Å². The summed E-state index contributed by atoms with van der Waals surface area (Å²) in [7, 11) is 0. The van der Waals surface area contributed by atoms with Crippen LogP contribution >= 0.6 is 0 Å². The molecular formula is C13H13F3N2O3. The second-order valence-corrected chi connectivity index (χ2v) is 4.61. The molecule has 1 aromatic rings. The van der Waals surface area contributed by atoms with Crippen molar-refractivity contribution in [3.05, 3.63) is 35.9 Å². The molecule has 2 amide bonds. The van der Waals surface area contributed by atoms with Gasteiger partial charge in [-0.15, -0.1) is 0 Å². The van der Waals surface area contributed by atoms with Crippen LogP contribution in [-0.4, -0.2) is 42.2 Å². The molecule has 1 aliphatic rings. The van der Waals surface area contributed by atoms with Gasteiger partial charge in [-0.3, -0.25) is 4.79 Å². The van der Waals surface area contributed by atoms with E-state index >= 15 is 0 Å². The topological polar surface area (TPSA) is 58.6 Å². The maximum Gasteiger partial charge on any atom is 0.471 e. The minimum Gasteiger partial charge on any atom is -0.445 e. The van der Waals surface area contributed by atoms with Crippen LogP contribution in [0.2, 0.25) is 0 Å². The lowest BCUT2D eigenvalue weighted by molar-refractivity contribution is -0.175. The number of rotatable bonds is 3. The third-order valence-electron chi connectivity index (χ3n) is 2.94. The lowest BCUT2D eigenvalue weighted by Crippen LogP contribution is -2.62. The van der Waals surface area contributed by atoms with Crippen molar-refractivity contribution in [2.24, 2.45) is 0 Å². The van der Waals surface area contributed by atoms with Crippen LogP contribution in [0.15, 0.2) is 30.3 Å². The van der Waals surface area contributed by atoms with Crippen molar-refractivity contribution in [3.8, 4) is 0 Å². The average molecular weight is 302 g/mol.